The number of esters is 1. The SMILES string of the molecule is O=C(CNC(=O)c1cccc([N+](=O)[O-])c1)OCc1ccc(Br)cc1. The van der Waals surface area contributed by atoms with E-state index < -0.39 is 16.8 Å². The van der Waals surface area contributed by atoms with Gasteiger partial charge in [-0.15, -0.1) is 0 Å². The Labute approximate surface area is 145 Å². The number of hydrogen-bond acceptors (Lipinski definition) is 5. The Kier molecular flexibility index (Phi) is 6.02. The number of nitro groups is 1. The van der Waals surface area contributed by atoms with E-state index in [-0.39, 0.29) is 24.4 Å². The van der Waals surface area contributed by atoms with Gasteiger partial charge in [-0.2, -0.15) is 0 Å². The molecule has 0 unspecified atom stereocenters. The van der Waals surface area contributed by atoms with Crippen molar-refractivity contribution >= 4 is 33.5 Å². The second-order valence-electron chi connectivity index (χ2n) is 4.78. The average molecular weight is 393 g/mol. The van der Waals surface area contributed by atoms with Crippen LogP contribution in [0, 0.1) is 10.1 Å². The second kappa shape index (κ2) is 8.21. The summed E-state index contributed by atoms with van der Waals surface area (Å²) in [6.45, 7) is -0.225. The molecule has 7 nitrogen and oxygen atoms in total. The van der Waals surface area contributed by atoms with Gasteiger partial charge in [0, 0.05) is 22.2 Å². The topological polar surface area (TPSA) is 98.5 Å². The van der Waals surface area contributed by atoms with Gasteiger partial charge in [-0.1, -0.05) is 34.1 Å². The van der Waals surface area contributed by atoms with Crippen molar-refractivity contribution in [2.45, 2.75) is 6.61 Å². The van der Waals surface area contributed by atoms with Crippen molar-refractivity contribution in [1.82, 2.24) is 5.32 Å². The highest BCUT2D eigenvalue weighted by atomic mass is 79.9. The van der Waals surface area contributed by atoms with E-state index in [1.807, 2.05) is 12.1 Å². The third-order valence-electron chi connectivity index (χ3n) is 3.03. The van der Waals surface area contributed by atoms with Crippen molar-refractivity contribution in [3.8, 4) is 0 Å². The summed E-state index contributed by atoms with van der Waals surface area (Å²) < 4.78 is 5.96. The van der Waals surface area contributed by atoms with Crippen LogP contribution in [0.4, 0.5) is 5.69 Å². The maximum Gasteiger partial charge on any atom is 0.325 e. The molecule has 0 bridgehead atoms. The van der Waals surface area contributed by atoms with Crippen LogP contribution in [0.25, 0.3) is 0 Å². The van der Waals surface area contributed by atoms with Gasteiger partial charge in [0.25, 0.3) is 11.6 Å². The molecule has 2 rings (SSSR count). The van der Waals surface area contributed by atoms with Crippen LogP contribution in [0.3, 0.4) is 0 Å². The van der Waals surface area contributed by atoms with E-state index in [2.05, 4.69) is 21.2 Å². The molecule has 0 fully saturated rings. The number of benzene rings is 2. The lowest BCUT2D eigenvalue weighted by Gasteiger charge is -2.07. The highest BCUT2D eigenvalue weighted by Gasteiger charge is 2.13. The zero-order valence-corrected chi connectivity index (χ0v) is 14.0. The van der Waals surface area contributed by atoms with Crippen LogP contribution in [0.2, 0.25) is 0 Å². The number of ether oxygens (including phenoxy) is 1. The van der Waals surface area contributed by atoms with Crippen LogP contribution in [0.15, 0.2) is 53.0 Å². The van der Waals surface area contributed by atoms with E-state index in [1.54, 1.807) is 12.1 Å². The first-order chi connectivity index (χ1) is 11.5. The molecule has 0 heterocycles. The molecule has 1 N–H and O–H groups in total. The number of carbonyl (C=O) groups excluding carboxylic acids is 2. The highest BCUT2D eigenvalue weighted by Crippen LogP contribution is 2.13. The number of hydrogen-bond donors (Lipinski definition) is 1. The minimum Gasteiger partial charge on any atom is -0.460 e. The molecule has 0 aliphatic rings. The van der Waals surface area contributed by atoms with E-state index in [9.17, 15) is 19.7 Å². The van der Waals surface area contributed by atoms with Gasteiger partial charge in [0.1, 0.15) is 13.2 Å². The number of halogens is 1. The first-order valence-electron chi connectivity index (χ1n) is 6.88. The van der Waals surface area contributed by atoms with E-state index in [4.69, 9.17) is 4.74 Å². The molecule has 0 saturated heterocycles. The van der Waals surface area contributed by atoms with Crippen molar-refractivity contribution in [1.29, 1.82) is 0 Å². The van der Waals surface area contributed by atoms with E-state index in [0.29, 0.717) is 0 Å². The predicted octanol–water partition coefficient (Wildman–Crippen LogP) is 2.83. The third-order valence-corrected chi connectivity index (χ3v) is 3.55. The lowest BCUT2D eigenvalue weighted by Crippen LogP contribution is -2.30. The molecule has 8 heteroatoms. The summed E-state index contributed by atoms with van der Waals surface area (Å²) in [6.07, 6.45) is 0. The Balaban J connectivity index is 1.82. The molecular weight excluding hydrogens is 380 g/mol. The van der Waals surface area contributed by atoms with Crippen LogP contribution in [-0.4, -0.2) is 23.3 Å². The molecule has 24 heavy (non-hydrogen) atoms. The summed E-state index contributed by atoms with van der Waals surface area (Å²) in [7, 11) is 0. The van der Waals surface area contributed by atoms with E-state index in [1.165, 1.54) is 18.2 Å². The quantitative estimate of drug-likeness (QED) is 0.462. The number of nitrogens with one attached hydrogen (secondary N) is 1. The molecule has 124 valence electrons. The Morgan fingerprint density at radius 1 is 1.17 bits per heavy atom. The fourth-order valence-electron chi connectivity index (χ4n) is 1.81. The molecule has 0 atom stereocenters. The smallest absolute Gasteiger partial charge is 0.325 e. The monoisotopic (exact) mass is 392 g/mol. The van der Waals surface area contributed by atoms with Gasteiger partial charge in [-0.3, -0.25) is 19.7 Å². The van der Waals surface area contributed by atoms with Gasteiger partial charge in [0.2, 0.25) is 0 Å². The number of amides is 1. The molecule has 0 radical (unpaired) electrons. The molecule has 2 aromatic carbocycles. The Bertz CT molecular complexity index is 761. The van der Waals surface area contributed by atoms with Crippen LogP contribution < -0.4 is 5.32 Å². The molecule has 0 aliphatic heterocycles. The summed E-state index contributed by atoms with van der Waals surface area (Å²) in [5.74, 6) is -1.18. The Morgan fingerprint density at radius 2 is 1.88 bits per heavy atom. The molecule has 0 spiro atoms. The summed E-state index contributed by atoms with van der Waals surface area (Å²) in [5, 5.41) is 13.0. The zero-order chi connectivity index (χ0) is 17.5. The minimum atomic E-state index is -0.600. The Hall–Kier alpha value is -2.74. The lowest BCUT2D eigenvalue weighted by molar-refractivity contribution is -0.384. The molecule has 0 aromatic heterocycles. The standard InChI is InChI=1S/C16H13BrN2O5/c17-13-6-4-11(5-7-13)10-24-15(20)9-18-16(21)12-2-1-3-14(8-12)19(22)23/h1-8H,9-10H2,(H,18,21). The van der Waals surface area contributed by atoms with Gasteiger partial charge >= 0.3 is 5.97 Å². The first-order valence-corrected chi connectivity index (χ1v) is 7.68. The van der Waals surface area contributed by atoms with Crippen molar-refractivity contribution in [3.05, 3.63) is 74.2 Å². The maximum absolute atomic E-state index is 11.9. The molecule has 0 aliphatic carbocycles. The summed E-state index contributed by atoms with van der Waals surface area (Å²) in [4.78, 5) is 33.6. The van der Waals surface area contributed by atoms with Gasteiger partial charge < -0.3 is 10.1 Å². The normalized spacial score (nSPS) is 10.0. The van der Waals surface area contributed by atoms with Crippen LogP contribution in [-0.2, 0) is 16.1 Å². The summed E-state index contributed by atoms with van der Waals surface area (Å²) in [6, 6.07) is 12.5. The van der Waals surface area contributed by atoms with E-state index >= 15 is 0 Å². The fraction of sp³-hybridized carbons (Fsp3) is 0.125. The van der Waals surface area contributed by atoms with Crippen LogP contribution >= 0.6 is 15.9 Å². The minimum absolute atomic E-state index is 0.0960. The van der Waals surface area contributed by atoms with Crippen molar-refractivity contribution in [2.75, 3.05) is 6.54 Å². The fourth-order valence-corrected chi connectivity index (χ4v) is 2.08. The number of rotatable bonds is 6. The predicted molar refractivity (Wildman–Crippen MR) is 89.4 cm³/mol. The molecular formula is C16H13BrN2O5. The van der Waals surface area contributed by atoms with Gasteiger partial charge in [-0.25, -0.2) is 0 Å². The second-order valence-corrected chi connectivity index (χ2v) is 5.69. The lowest BCUT2D eigenvalue weighted by atomic mass is 10.2. The molecule has 0 saturated carbocycles. The van der Waals surface area contributed by atoms with Gasteiger partial charge in [0.15, 0.2) is 0 Å². The van der Waals surface area contributed by atoms with Crippen LogP contribution in [0.1, 0.15) is 15.9 Å². The number of carbonyl (C=O) groups is 2. The summed E-state index contributed by atoms with van der Waals surface area (Å²) in [5.41, 5.74) is 0.724. The molecule has 2 aromatic rings. The number of nitro benzene ring substituents is 1. The van der Waals surface area contributed by atoms with Gasteiger partial charge in [-0.05, 0) is 23.8 Å². The number of non-ortho nitro benzene ring substituents is 1. The van der Waals surface area contributed by atoms with Crippen molar-refractivity contribution in [2.24, 2.45) is 0 Å². The van der Waals surface area contributed by atoms with Crippen molar-refractivity contribution in [3.63, 3.8) is 0 Å². The highest BCUT2D eigenvalue weighted by molar-refractivity contribution is 9.10. The van der Waals surface area contributed by atoms with Crippen LogP contribution in [0.5, 0.6) is 0 Å². The van der Waals surface area contributed by atoms with Gasteiger partial charge in [0.05, 0.1) is 4.92 Å². The maximum atomic E-state index is 11.9. The first kappa shape index (κ1) is 17.6. The third kappa shape index (κ3) is 5.17. The molecule has 1 amide bonds. The average Bonchev–Trinajstić information content (AvgIpc) is 2.59. The largest absolute Gasteiger partial charge is 0.460 e. The Morgan fingerprint density at radius 3 is 2.54 bits per heavy atom. The van der Waals surface area contributed by atoms with E-state index in [0.717, 1.165) is 16.1 Å². The zero-order valence-electron chi connectivity index (χ0n) is 12.4. The summed E-state index contributed by atoms with van der Waals surface area (Å²) >= 11 is 3.31. The van der Waals surface area contributed by atoms with Crippen molar-refractivity contribution < 1.29 is 19.2 Å². The number of nitrogens with zero attached hydrogens (tertiary/aromatic N) is 1.